The van der Waals surface area contributed by atoms with Gasteiger partial charge in [0.1, 0.15) is 0 Å². The van der Waals surface area contributed by atoms with Gasteiger partial charge in [-0.25, -0.2) is 0 Å². The van der Waals surface area contributed by atoms with Crippen LogP contribution in [0.2, 0.25) is 0 Å². The minimum Gasteiger partial charge on any atom is -0.265 e. The van der Waals surface area contributed by atoms with Crippen LogP contribution in [0.1, 0.15) is 26.0 Å². The van der Waals surface area contributed by atoms with Crippen molar-refractivity contribution < 1.29 is 0 Å². The van der Waals surface area contributed by atoms with Gasteiger partial charge in [-0.15, -0.1) is 0 Å². The summed E-state index contributed by atoms with van der Waals surface area (Å²) in [5.74, 6) is 0. The molecule has 0 radical (unpaired) electrons. The fourth-order valence-corrected chi connectivity index (χ4v) is 0.761. The maximum Gasteiger partial charge on any atom is 0.0372 e. The van der Waals surface area contributed by atoms with Crippen LogP contribution in [-0.2, 0) is 0 Å². The van der Waals surface area contributed by atoms with Gasteiger partial charge in [0.25, 0.3) is 0 Å². The third-order valence-electron chi connectivity index (χ3n) is 1.38. The average molecular weight is 216 g/mol. The molecule has 16 heavy (non-hydrogen) atoms. The molecule has 0 N–H and O–H groups in total. The Kier molecular flexibility index (Phi) is 10.2. The monoisotopic (exact) mass is 216 g/mol. The number of nitrogens with zero attached hydrogens (tertiary/aromatic N) is 2. The predicted molar refractivity (Wildman–Crippen MR) is 69.2 cm³/mol. The van der Waals surface area contributed by atoms with Crippen LogP contribution in [0.4, 0.5) is 0 Å². The predicted octanol–water partition coefficient (Wildman–Crippen LogP) is 3.89. The van der Waals surface area contributed by atoms with Crippen molar-refractivity contribution in [2.45, 2.75) is 27.2 Å². The van der Waals surface area contributed by atoms with Gasteiger partial charge in [-0.1, -0.05) is 32.4 Å². The number of aromatic nitrogens is 2. The first-order chi connectivity index (χ1) is 7.81. The van der Waals surface area contributed by atoms with Gasteiger partial charge in [0, 0.05) is 24.3 Å². The molecule has 0 fully saturated rings. The van der Waals surface area contributed by atoms with Crippen LogP contribution >= 0.6 is 0 Å². The van der Waals surface area contributed by atoms with E-state index in [-0.39, 0.29) is 0 Å². The van der Waals surface area contributed by atoms with Crippen LogP contribution in [0.25, 0.3) is 0 Å². The molecule has 0 unspecified atom stereocenters. The summed E-state index contributed by atoms with van der Waals surface area (Å²) >= 11 is 0. The van der Waals surface area contributed by atoms with E-state index in [1.807, 2.05) is 43.3 Å². The Hall–Kier alpha value is -1.70. The highest BCUT2D eigenvalue weighted by Crippen LogP contribution is 1.86. The Bertz CT molecular complexity index is 292. The van der Waals surface area contributed by atoms with E-state index in [0.29, 0.717) is 0 Å². The summed E-state index contributed by atoms with van der Waals surface area (Å²) < 4.78 is 0. The number of hydrogen-bond donors (Lipinski definition) is 0. The lowest BCUT2D eigenvalue weighted by atomic mass is 10.4. The van der Waals surface area contributed by atoms with E-state index in [0.717, 1.165) is 5.69 Å². The quantitative estimate of drug-likeness (QED) is 0.667. The van der Waals surface area contributed by atoms with Gasteiger partial charge < -0.3 is 0 Å². The van der Waals surface area contributed by atoms with E-state index in [1.54, 1.807) is 18.6 Å². The normalized spacial score (nSPS) is 7.94. The fourth-order valence-electron chi connectivity index (χ4n) is 0.761. The molecule has 0 aliphatic carbocycles. The summed E-state index contributed by atoms with van der Waals surface area (Å²) in [4.78, 5) is 7.76. The summed E-state index contributed by atoms with van der Waals surface area (Å²) in [6.07, 6.45) is 6.54. The highest BCUT2D eigenvalue weighted by molar-refractivity contribution is 4.99. The molecule has 2 heteroatoms. The van der Waals surface area contributed by atoms with Crippen LogP contribution in [0.5, 0.6) is 0 Å². The highest BCUT2D eigenvalue weighted by Gasteiger charge is 1.73. The number of aryl methyl sites for hydroxylation is 1. The van der Waals surface area contributed by atoms with Crippen LogP contribution in [0.3, 0.4) is 0 Å². The molecular formula is C14H20N2. The summed E-state index contributed by atoms with van der Waals surface area (Å²) in [6, 6.07) is 11.6. The first-order valence-corrected chi connectivity index (χ1v) is 5.53. The molecule has 0 bridgehead atoms. The molecule has 0 spiro atoms. The lowest BCUT2D eigenvalue weighted by Crippen LogP contribution is -1.72. The van der Waals surface area contributed by atoms with Crippen molar-refractivity contribution in [3.05, 3.63) is 60.7 Å². The third-order valence-corrected chi connectivity index (χ3v) is 1.38. The zero-order valence-corrected chi connectivity index (χ0v) is 10.3. The van der Waals surface area contributed by atoms with Crippen molar-refractivity contribution >= 4 is 0 Å². The first-order valence-electron chi connectivity index (χ1n) is 5.53. The Labute approximate surface area is 98.4 Å². The van der Waals surface area contributed by atoms with E-state index in [4.69, 9.17) is 0 Å². The molecule has 2 aromatic heterocycles. The molecule has 0 amide bonds. The topological polar surface area (TPSA) is 25.8 Å². The highest BCUT2D eigenvalue weighted by atomic mass is 14.6. The van der Waals surface area contributed by atoms with Gasteiger partial charge in [0.2, 0.25) is 0 Å². The van der Waals surface area contributed by atoms with Gasteiger partial charge in [0.15, 0.2) is 0 Å². The zero-order chi connectivity index (χ0) is 12.1. The summed E-state index contributed by atoms with van der Waals surface area (Å²) in [6.45, 7) is 6.22. The van der Waals surface area contributed by atoms with Crippen molar-refractivity contribution in [1.29, 1.82) is 0 Å². The molecule has 0 atom stereocenters. The number of hydrogen-bond acceptors (Lipinski definition) is 2. The molecule has 2 rings (SSSR count). The lowest BCUT2D eigenvalue weighted by molar-refractivity contribution is 1.09. The van der Waals surface area contributed by atoms with Gasteiger partial charge in [-0.3, -0.25) is 9.97 Å². The second-order valence-corrected chi connectivity index (χ2v) is 3.20. The van der Waals surface area contributed by atoms with Crippen molar-refractivity contribution in [3.63, 3.8) is 0 Å². The number of rotatable bonds is 0. The van der Waals surface area contributed by atoms with Crippen molar-refractivity contribution in [1.82, 2.24) is 9.97 Å². The molecule has 0 aromatic carbocycles. The average Bonchev–Trinajstić information content (AvgIpc) is 2.34. The smallest absolute Gasteiger partial charge is 0.0372 e. The Balaban J connectivity index is 0.000000230. The second-order valence-electron chi connectivity index (χ2n) is 3.20. The van der Waals surface area contributed by atoms with Gasteiger partial charge in [-0.2, -0.15) is 0 Å². The molecular weight excluding hydrogens is 196 g/mol. The number of pyridine rings is 2. The van der Waals surface area contributed by atoms with Crippen LogP contribution in [-0.4, -0.2) is 9.97 Å². The molecule has 0 aliphatic heterocycles. The third kappa shape index (κ3) is 10.4. The molecule has 2 aromatic rings. The van der Waals surface area contributed by atoms with Crippen molar-refractivity contribution in [3.8, 4) is 0 Å². The standard InChI is InChI=1S/C6H7N.C5H5N.C3H8/c1-6-4-2-3-5-7-6;1-2-4-6-5-3-1;1-3-2/h2-5H,1H3;1-5H;3H2,1-2H3. The summed E-state index contributed by atoms with van der Waals surface area (Å²) in [5, 5.41) is 0. The van der Waals surface area contributed by atoms with Crippen molar-refractivity contribution in [2.24, 2.45) is 0 Å². The van der Waals surface area contributed by atoms with Crippen LogP contribution in [0.15, 0.2) is 55.0 Å². The van der Waals surface area contributed by atoms with E-state index < -0.39 is 0 Å². The molecule has 0 saturated heterocycles. The van der Waals surface area contributed by atoms with Crippen molar-refractivity contribution in [2.75, 3.05) is 0 Å². The fraction of sp³-hybridized carbons (Fsp3) is 0.286. The molecule has 86 valence electrons. The van der Waals surface area contributed by atoms with E-state index in [2.05, 4.69) is 23.8 Å². The lowest BCUT2D eigenvalue weighted by Gasteiger charge is -1.82. The van der Waals surface area contributed by atoms with Gasteiger partial charge >= 0.3 is 0 Å². The minimum atomic E-state index is 1.07. The minimum absolute atomic E-state index is 1.07. The van der Waals surface area contributed by atoms with Crippen LogP contribution in [0, 0.1) is 6.92 Å². The second kappa shape index (κ2) is 11.4. The van der Waals surface area contributed by atoms with E-state index >= 15 is 0 Å². The maximum atomic E-state index is 3.98. The van der Waals surface area contributed by atoms with Gasteiger partial charge in [0.05, 0.1) is 0 Å². The Morgan fingerprint density at radius 1 is 0.875 bits per heavy atom. The maximum absolute atomic E-state index is 3.98. The van der Waals surface area contributed by atoms with E-state index in [1.165, 1.54) is 6.42 Å². The first kappa shape index (κ1) is 14.3. The molecule has 2 nitrogen and oxygen atoms in total. The Morgan fingerprint density at radius 3 is 1.62 bits per heavy atom. The molecule has 0 aliphatic rings. The largest absolute Gasteiger partial charge is 0.265 e. The Morgan fingerprint density at radius 2 is 1.44 bits per heavy atom. The molecule has 2 heterocycles. The van der Waals surface area contributed by atoms with E-state index in [9.17, 15) is 0 Å². The van der Waals surface area contributed by atoms with Gasteiger partial charge in [-0.05, 0) is 31.2 Å². The molecule has 0 saturated carbocycles. The summed E-state index contributed by atoms with van der Waals surface area (Å²) in [5.41, 5.74) is 1.07. The summed E-state index contributed by atoms with van der Waals surface area (Å²) in [7, 11) is 0. The zero-order valence-electron chi connectivity index (χ0n) is 10.3. The van der Waals surface area contributed by atoms with Crippen LogP contribution < -0.4 is 0 Å². The SMILES string of the molecule is CCC.Cc1ccccn1.c1ccncc1.